The zero-order valence-corrected chi connectivity index (χ0v) is 7.20. The van der Waals surface area contributed by atoms with Gasteiger partial charge in [0.2, 0.25) is 5.91 Å². The summed E-state index contributed by atoms with van der Waals surface area (Å²) >= 11 is 0. The minimum absolute atomic E-state index is 0.0648. The largest absolute Gasteiger partial charge is 0.294 e. The Labute approximate surface area is 71.0 Å². The van der Waals surface area contributed by atoms with E-state index in [1.165, 1.54) is 11.5 Å². The van der Waals surface area contributed by atoms with E-state index in [4.69, 9.17) is 0 Å². The molecule has 3 nitrogen and oxygen atoms in total. The van der Waals surface area contributed by atoms with Crippen molar-refractivity contribution >= 4 is 11.7 Å². The molecule has 1 aromatic heterocycles. The number of nitrogens with zero attached hydrogens (tertiary/aromatic N) is 1. The Morgan fingerprint density at radius 1 is 1.50 bits per heavy atom. The van der Waals surface area contributed by atoms with Gasteiger partial charge in [-0.2, -0.15) is 0 Å². The van der Waals surface area contributed by atoms with Gasteiger partial charge in [0.05, 0.1) is 0 Å². The highest BCUT2D eigenvalue weighted by Crippen LogP contribution is 2.04. The highest BCUT2D eigenvalue weighted by Gasteiger charge is 2.05. The van der Waals surface area contributed by atoms with Crippen LogP contribution in [-0.4, -0.2) is 16.3 Å². The molecule has 0 aromatic carbocycles. The Hall–Kier alpha value is -1.38. The minimum Gasteiger partial charge on any atom is -0.294 e. The molecule has 0 bridgehead atoms. The average Bonchev–Trinajstić information content (AvgIpc) is 2.51. The SMILES string of the molecule is CCC(=O)c1ccn(C(C)=O)c1. The third kappa shape index (κ3) is 1.61. The first kappa shape index (κ1) is 8.71. The number of carbonyl (C=O) groups excluding carboxylic acids is 2. The first-order valence-electron chi connectivity index (χ1n) is 3.87. The smallest absolute Gasteiger partial charge is 0.227 e. The number of aromatic nitrogens is 1. The van der Waals surface area contributed by atoms with Crippen LogP contribution in [0.2, 0.25) is 0 Å². The Balaban J connectivity index is 2.91. The second-order valence-corrected chi connectivity index (χ2v) is 2.60. The molecule has 1 heterocycles. The van der Waals surface area contributed by atoms with Crippen LogP contribution in [0, 0.1) is 0 Å². The fourth-order valence-corrected chi connectivity index (χ4v) is 0.961. The van der Waals surface area contributed by atoms with Crippen LogP contribution in [0.4, 0.5) is 0 Å². The van der Waals surface area contributed by atoms with Crippen molar-refractivity contribution in [2.75, 3.05) is 0 Å². The van der Waals surface area contributed by atoms with Crippen LogP contribution in [0.15, 0.2) is 18.5 Å². The molecule has 1 rings (SSSR count). The summed E-state index contributed by atoms with van der Waals surface area (Å²) < 4.78 is 1.41. The molecule has 0 amide bonds. The van der Waals surface area contributed by atoms with Gasteiger partial charge in [-0.15, -0.1) is 0 Å². The normalized spacial score (nSPS) is 9.83. The van der Waals surface area contributed by atoms with Crippen LogP contribution < -0.4 is 0 Å². The summed E-state index contributed by atoms with van der Waals surface area (Å²) in [5.41, 5.74) is 0.604. The maximum Gasteiger partial charge on any atom is 0.227 e. The van der Waals surface area contributed by atoms with Crippen molar-refractivity contribution in [1.29, 1.82) is 0 Å². The van der Waals surface area contributed by atoms with Gasteiger partial charge in [-0.25, -0.2) is 0 Å². The topological polar surface area (TPSA) is 39.1 Å². The lowest BCUT2D eigenvalue weighted by Gasteiger charge is -1.92. The molecule has 0 N–H and O–H groups in total. The second kappa shape index (κ2) is 3.34. The summed E-state index contributed by atoms with van der Waals surface area (Å²) in [4.78, 5) is 21.9. The monoisotopic (exact) mass is 165 g/mol. The third-order valence-electron chi connectivity index (χ3n) is 1.70. The molecule has 0 saturated heterocycles. The summed E-state index contributed by atoms with van der Waals surface area (Å²) in [6.07, 6.45) is 3.64. The lowest BCUT2D eigenvalue weighted by molar-refractivity contribution is 0.0937. The molecule has 3 heteroatoms. The number of carbonyl (C=O) groups is 2. The summed E-state index contributed by atoms with van der Waals surface area (Å²) in [6, 6.07) is 1.66. The van der Waals surface area contributed by atoms with Gasteiger partial charge in [0.25, 0.3) is 0 Å². The number of rotatable bonds is 2. The fourth-order valence-electron chi connectivity index (χ4n) is 0.961. The highest BCUT2D eigenvalue weighted by atomic mass is 16.1. The van der Waals surface area contributed by atoms with Crippen molar-refractivity contribution < 1.29 is 9.59 Å². The van der Waals surface area contributed by atoms with E-state index in [0.29, 0.717) is 12.0 Å². The van der Waals surface area contributed by atoms with Crippen LogP contribution in [0.3, 0.4) is 0 Å². The van der Waals surface area contributed by atoms with Crippen LogP contribution in [0.1, 0.15) is 35.4 Å². The highest BCUT2D eigenvalue weighted by molar-refractivity contribution is 5.96. The third-order valence-corrected chi connectivity index (χ3v) is 1.70. The van der Waals surface area contributed by atoms with E-state index in [0.717, 1.165) is 0 Å². The van der Waals surface area contributed by atoms with Crippen molar-refractivity contribution in [2.45, 2.75) is 20.3 Å². The Bertz CT molecular complexity index is 312. The molecular formula is C9H11NO2. The van der Waals surface area contributed by atoms with E-state index in [-0.39, 0.29) is 11.7 Å². The Kier molecular flexibility index (Phi) is 2.43. The van der Waals surface area contributed by atoms with Crippen molar-refractivity contribution in [3.63, 3.8) is 0 Å². The maximum absolute atomic E-state index is 11.1. The Morgan fingerprint density at radius 3 is 2.58 bits per heavy atom. The number of hydrogen-bond donors (Lipinski definition) is 0. The molecule has 0 spiro atoms. The summed E-state index contributed by atoms with van der Waals surface area (Å²) in [6.45, 7) is 3.26. The number of hydrogen-bond acceptors (Lipinski definition) is 2. The molecule has 0 radical (unpaired) electrons. The molecule has 0 aliphatic rings. The maximum atomic E-state index is 11.1. The van der Waals surface area contributed by atoms with Gasteiger partial charge in [0, 0.05) is 31.3 Å². The van der Waals surface area contributed by atoms with Gasteiger partial charge in [-0.1, -0.05) is 6.92 Å². The van der Waals surface area contributed by atoms with Crippen LogP contribution >= 0.6 is 0 Å². The predicted octanol–water partition coefficient (Wildman–Crippen LogP) is 1.74. The molecule has 0 saturated carbocycles. The molecule has 12 heavy (non-hydrogen) atoms. The van der Waals surface area contributed by atoms with E-state index in [9.17, 15) is 9.59 Å². The fraction of sp³-hybridized carbons (Fsp3) is 0.333. The molecule has 1 aromatic rings. The van der Waals surface area contributed by atoms with E-state index in [2.05, 4.69) is 0 Å². The zero-order chi connectivity index (χ0) is 9.14. The second-order valence-electron chi connectivity index (χ2n) is 2.60. The summed E-state index contributed by atoms with van der Waals surface area (Å²) in [7, 11) is 0. The van der Waals surface area contributed by atoms with E-state index in [1.54, 1.807) is 25.4 Å². The van der Waals surface area contributed by atoms with Crippen LogP contribution in [-0.2, 0) is 0 Å². The molecule has 0 fully saturated rings. The summed E-state index contributed by atoms with van der Waals surface area (Å²) in [5, 5.41) is 0. The lowest BCUT2D eigenvalue weighted by Crippen LogP contribution is -2.02. The van der Waals surface area contributed by atoms with Crippen molar-refractivity contribution in [1.82, 2.24) is 4.57 Å². The predicted molar refractivity (Wildman–Crippen MR) is 45.4 cm³/mol. The lowest BCUT2D eigenvalue weighted by atomic mass is 10.2. The van der Waals surface area contributed by atoms with Crippen LogP contribution in [0.5, 0.6) is 0 Å². The quantitative estimate of drug-likeness (QED) is 0.626. The molecule has 64 valence electrons. The first-order valence-corrected chi connectivity index (χ1v) is 3.87. The van der Waals surface area contributed by atoms with E-state index >= 15 is 0 Å². The molecular weight excluding hydrogens is 154 g/mol. The van der Waals surface area contributed by atoms with Crippen molar-refractivity contribution in [3.05, 3.63) is 24.0 Å². The van der Waals surface area contributed by atoms with Gasteiger partial charge < -0.3 is 0 Å². The van der Waals surface area contributed by atoms with E-state index < -0.39 is 0 Å². The Morgan fingerprint density at radius 2 is 2.17 bits per heavy atom. The average molecular weight is 165 g/mol. The zero-order valence-electron chi connectivity index (χ0n) is 7.20. The number of ketones is 1. The standard InChI is InChI=1S/C9H11NO2/c1-3-9(12)8-4-5-10(6-8)7(2)11/h4-6H,3H2,1-2H3. The molecule has 0 aliphatic carbocycles. The summed E-state index contributed by atoms with van der Waals surface area (Å²) in [5.74, 6) is -0.0137. The van der Waals surface area contributed by atoms with Gasteiger partial charge >= 0.3 is 0 Å². The van der Waals surface area contributed by atoms with Gasteiger partial charge in [0.1, 0.15) is 0 Å². The molecule has 0 atom stereocenters. The van der Waals surface area contributed by atoms with Crippen molar-refractivity contribution in [2.24, 2.45) is 0 Å². The van der Waals surface area contributed by atoms with Gasteiger partial charge in [-0.3, -0.25) is 14.2 Å². The van der Waals surface area contributed by atoms with E-state index in [1.807, 2.05) is 0 Å². The minimum atomic E-state index is -0.0786. The van der Waals surface area contributed by atoms with Gasteiger partial charge in [0.15, 0.2) is 5.78 Å². The number of Topliss-reactive ketones (excluding diaryl/α,β-unsaturated/α-hetero) is 1. The molecule has 0 aliphatic heterocycles. The first-order chi connectivity index (χ1) is 5.65. The van der Waals surface area contributed by atoms with Crippen molar-refractivity contribution in [3.8, 4) is 0 Å². The molecule has 0 unspecified atom stereocenters. The van der Waals surface area contributed by atoms with Crippen LogP contribution in [0.25, 0.3) is 0 Å². The van der Waals surface area contributed by atoms with Gasteiger partial charge in [-0.05, 0) is 6.07 Å².